The zero-order valence-corrected chi connectivity index (χ0v) is 9.80. The van der Waals surface area contributed by atoms with Crippen molar-refractivity contribution in [2.75, 3.05) is 13.1 Å². The van der Waals surface area contributed by atoms with Crippen molar-refractivity contribution in [3.05, 3.63) is 0 Å². The summed E-state index contributed by atoms with van der Waals surface area (Å²) in [6.07, 6.45) is 11.7. The summed E-state index contributed by atoms with van der Waals surface area (Å²) in [4.78, 5) is 0. The second-order valence-corrected chi connectivity index (χ2v) is 5.57. The van der Waals surface area contributed by atoms with E-state index in [0.717, 1.165) is 31.8 Å². The molecule has 0 saturated heterocycles. The van der Waals surface area contributed by atoms with E-state index in [2.05, 4.69) is 5.32 Å². The van der Waals surface area contributed by atoms with Crippen LogP contribution >= 0.6 is 0 Å². The number of rotatable bonds is 4. The summed E-state index contributed by atoms with van der Waals surface area (Å²) in [5.41, 5.74) is -0.343. The molecule has 2 fully saturated rings. The Hall–Kier alpha value is -0.0800. The molecule has 0 aromatic heterocycles. The van der Waals surface area contributed by atoms with E-state index in [1.165, 1.54) is 44.9 Å². The maximum Gasteiger partial charge on any atom is 0.0771 e. The largest absolute Gasteiger partial charge is 0.389 e. The van der Waals surface area contributed by atoms with Crippen LogP contribution in [0.15, 0.2) is 0 Å². The summed E-state index contributed by atoms with van der Waals surface area (Å²) in [5, 5.41) is 13.4. The van der Waals surface area contributed by atoms with Gasteiger partial charge in [-0.25, -0.2) is 0 Å². The van der Waals surface area contributed by atoms with E-state index in [0.29, 0.717) is 0 Å². The Bertz CT molecular complexity index is 181. The van der Waals surface area contributed by atoms with Gasteiger partial charge in [-0.1, -0.05) is 25.7 Å². The molecule has 0 bridgehead atoms. The van der Waals surface area contributed by atoms with E-state index < -0.39 is 0 Å². The van der Waals surface area contributed by atoms with Crippen LogP contribution < -0.4 is 5.32 Å². The van der Waals surface area contributed by atoms with Gasteiger partial charge in [-0.05, 0) is 44.6 Å². The van der Waals surface area contributed by atoms with Gasteiger partial charge in [-0.2, -0.15) is 0 Å². The van der Waals surface area contributed by atoms with Gasteiger partial charge >= 0.3 is 0 Å². The van der Waals surface area contributed by atoms with Gasteiger partial charge in [-0.15, -0.1) is 0 Å². The van der Waals surface area contributed by atoms with Gasteiger partial charge in [-0.3, -0.25) is 0 Å². The minimum atomic E-state index is -0.343. The predicted molar refractivity (Wildman–Crippen MR) is 62.9 cm³/mol. The normalized spacial score (nSPS) is 27.0. The lowest BCUT2D eigenvalue weighted by Crippen LogP contribution is -2.47. The number of aliphatic hydroxyl groups is 1. The summed E-state index contributed by atoms with van der Waals surface area (Å²) in [5.74, 6) is 0.871. The first-order valence-corrected chi connectivity index (χ1v) is 6.72. The highest BCUT2D eigenvalue weighted by atomic mass is 16.3. The van der Waals surface area contributed by atoms with Crippen LogP contribution in [0.1, 0.15) is 57.8 Å². The van der Waals surface area contributed by atoms with Crippen molar-refractivity contribution in [3.63, 3.8) is 0 Å². The molecule has 2 N–H and O–H groups in total. The average molecular weight is 211 g/mol. The van der Waals surface area contributed by atoms with Crippen molar-refractivity contribution in [2.45, 2.75) is 63.4 Å². The Morgan fingerprint density at radius 1 is 1.00 bits per heavy atom. The van der Waals surface area contributed by atoms with Crippen LogP contribution in [0.3, 0.4) is 0 Å². The van der Waals surface area contributed by atoms with Gasteiger partial charge in [0.2, 0.25) is 0 Å². The van der Waals surface area contributed by atoms with Crippen molar-refractivity contribution in [1.29, 1.82) is 0 Å². The molecule has 2 rings (SSSR count). The molecule has 2 nitrogen and oxygen atoms in total. The van der Waals surface area contributed by atoms with Gasteiger partial charge in [0, 0.05) is 6.54 Å². The van der Waals surface area contributed by atoms with Crippen LogP contribution in [0, 0.1) is 5.92 Å². The molecule has 0 spiro atoms. The van der Waals surface area contributed by atoms with E-state index in [9.17, 15) is 5.11 Å². The molecular formula is C13H25NO. The predicted octanol–water partition coefficient (Wildman–Crippen LogP) is 2.46. The highest BCUT2D eigenvalue weighted by molar-refractivity contribution is 4.89. The number of hydrogen-bond acceptors (Lipinski definition) is 2. The molecule has 2 heteroatoms. The third-order valence-electron chi connectivity index (χ3n) is 4.15. The van der Waals surface area contributed by atoms with Crippen LogP contribution in [0.4, 0.5) is 0 Å². The molecule has 0 atom stereocenters. The smallest absolute Gasteiger partial charge is 0.0771 e. The van der Waals surface area contributed by atoms with Gasteiger partial charge in [0.05, 0.1) is 5.60 Å². The van der Waals surface area contributed by atoms with Crippen LogP contribution in [-0.2, 0) is 0 Å². The molecule has 0 unspecified atom stereocenters. The zero-order valence-electron chi connectivity index (χ0n) is 9.80. The summed E-state index contributed by atoms with van der Waals surface area (Å²) in [7, 11) is 0. The van der Waals surface area contributed by atoms with Crippen molar-refractivity contribution in [1.82, 2.24) is 5.32 Å². The van der Waals surface area contributed by atoms with Crippen molar-refractivity contribution in [2.24, 2.45) is 5.92 Å². The van der Waals surface area contributed by atoms with E-state index in [1.807, 2.05) is 0 Å². The van der Waals surface area contributed by atoms with Crippen molar-refractivity contribution >= 4 is 0 Å². The van der Waals surface area contributed by atoms with E-state index in [-0.39, 0.29) is 5.60 Å². The topological polar surface area (TPSA) is 32.3 Å². The number of hydrogen-bond donors (Lipinski definition) is 2. The first kappa shape index (κ1) is 11.4. The molecule has 0 radical (unpaired) electrons. The highest BCUT2D eigenvalue weighted by Crippen LogP contribution is 2.30. The van der Waals surface area contributed by atoms with Crippen LogP contribution in [0.5, 0.6) is 0 Å². The molecule has 0 aromatic carbocycles. The summed E-state index contributed by atoms with van der Waals surface area (Å²) in [6.45, 7) is 1.95. The van der Waals surface area contributed by atoms with E-state index in [4.69, 9.17) is 0 Å². The highest BCUT2D eigenvalue weighted by Gasteiger charge is 2.33. The van der Waals surface area contributed by atoms with Crippen LogP contribution in [0.2, 0.25) is 0 Å². The Labute approximate surface area is 93.5 Å². The van der Waals surface area contributed by atoms with Crippen molar-refractivity contribution < 1.29 is 5.11 Å². The molecule has 0 heterocycles. The zero-order chi connectivity index (χ0) is 10.6. The molecule has 88 valence electrons. The SMILES string of the molecule is OC1(CNCC2CCCCCC2)CCC1. The fourth-order valence-corrected chi connectivity index (χ4v) is 2.84. The molecular weight excluding hydrogens is 186 g/mol. The Balaban J connectivity index is 1.59. The third kappa shape index (κ3) is 3.46. The lowest BCUT2D eigenvalue weighted by molar-refractivity contribution is -0.0317. The van der Waals surface area contributed by atoms with Gasteiger partial charge in [0.15, 0.2) is 0 Å². The lowest BCUT2D eigenvalue weighted by Gasteiger charge is -2.37. The van der Waals surface area contributed by atoms with Crippen LogP contribution in [0.25, 0.3) is 0 Å². The van der Waals surface area contributed by atoms with E-state index >= 15 is 0 Å². The number of nitrogens with one attached hydrogen (secondary N) is 1. The fraction of sp³-hybridized carbons (Fsp3) is 1.00. The fourth-order valence-electron chi connectivity index (χ4n) is 2.84. The molecule has 2 aliphatic rings. The monoisotopic (exact) mass is 211 g/mol. The second-order valence-electron chi connectivity index (χ2n) is 5.57. The molecule has 2 saturated carbocycles. The Morgan fingerprint density at radius 3 is 2.20 bits per heavy atom. The van der Waals surface area contributed by atoms with Crippen molar-refractivity contribution in [3.8, 4) is 0 Å². The standard InChI is InChI=1S/C13H25NO/c15-13(8-5-9-13)11-14-10-12-6-3-1-2-4-7-12/h12,14-15H,1-11H2. The molecule has 0 amide bonds. The summed E-state index contributed by atoms with van der Waals surface area (Å²) >= 11 is 0. The molecule has 0 aromatic rings. The second kappa shape index (κ2) is 5.31. The first-order chi connectivity index (χ1) is 7.29. The summed E-state index contributed by atoms with van der Waals surface area (Å²) < 4.78 is 0. The van der Waals surface area contributed by atoms with Gasteiger partial charge < -0.3 is 10.4 Å². The van der Waals surface area contributed by atoms with E-state index in [1.54, 1.807) is 0 Å². The Morgan fingerprint density at radius 2 is 1.67 bits per heavy atom. The quantitative estimate of drug-likeness (QED) is 0.700. The average Bonchev–Trinajstić information content (AvgIpc) is 2.44. The Kier molecular flexibility index (Phi) is 4.04. The van der Waals surface area contributed by atoms with Gasteiger partial charge in [0.25, 0.3) is 0 Å². The van der Waals surface area contributed by atoms with Crippen LogP contribution in [-0.4, -0.2) is 23.8 Å². The minimum absolute atomic E-state index is 0.343. The third-order valence-corrected chi connectivity index (χ3v) is 4.15. The summed E-state index contributed by atoms with van der Waals surface area (Å²) in [6, 6.07) is 0. The first-order valence-electron chi connectivity index (χ1n) is 6.72. The lowest BCUT2D eigenvalue weighted by atomic mass is 9.80. The molecule has 0 aliphatic heterocycles. The minimum Gasteiger partial charge on any atom is -0.389 e. The molecule has 2 aliphatic carbocycles. The molecule has 15 heavy (non-hydrogen) atoms. The maximum atomic E-state index is 9.93. The van der Waals surface area contributed by atoms with Gasteiger partial charge in [0.1, 0.15) is 0 Å². The maximum absolute atomic E-state index is 9.93.